The highest BCUT2D eigenvalue weighted by molar-refractivity contribution is 5.94. The summed E-state index contributed by atoms with van der Waals surface area (Å²) < 4.78 is 0. The van der Waals surface area contributed by atoms with E-state index >= 15 is 0 Å². The van der Waals surface area contributed by atoms with E-state index in [0.29, 0.717) is 11.1 Å². The van der Waals surface area contributed by atoms with Gasteiger partial charge in [-0.1, -0.05) is 18.9 Å². The molecule has 1 aromatic rings. The smallest absolute Gasteiger partial charge is 0.251 e. The van der Waals surface area contributed by atoms with E-state index in [9.17, 15) is 9.90 Å². The Kier molecular flexibility index (Phi) is 4.53. The van der Waals surface area contributed by atoms with Gasteiger partial charge >= 0.3 is 0 Å². The van der Waals surface area contributed by atoms with Gasteiger partial charge in [-0.15, -0.1) is 0 Å². The van der Waals surface area contributed by atoms with Crippen LogP contribution in [-0.4, -0.2) is 23.7 Å². The third-order valence-electron chi connectivity index (χ3n) is 3.71. The van der Waals surface area contributed by atoms with Crippen LogP contribution in [0.1, 0.15) is 41.6 Å². The normalized spacial score (nSPS) is 22.5. The molecule has 4 nitrogen and oxygen atoms in total. The third kappa shape index (κ3) is 3.33. The van der Waals surface area contributed by atoms with E-state index in [1.54, 1.807) is 24.3 Å². The summed E-state index contributed by atoms with van der Waals surface area (Å²) in [5.41, 5.74) is 0.983. The highest BCUT2D eigenvalue weighted by atomic mass is 16.3. The number of rotatable bonds is 3. The van der Waals surface area contributed by atoms with Crippen molar-refractivity contribution in [2.75, 3.05) is 6.61 Å². The van der Waals surface area contributed by atoms with Crippen LogP contribution in [0.25, 0.3) is 0 Å². The second kappa shape index (κ2) is 6.35. The third-order valence-corrected chi connectivity index (χ3v) is 3.71. The molecule has 0 radical (unpaired) electrons. The summed E-state index contributed by atoms with van der Waals surface area (Å²) >= 11 is 0. The molecule has 0 aliphatic heterocycles. The molecule has 2 rings (SSSR count). The molecule has 2 atom stereocenters. The molecule has 1 amide bonds. The number of aliphatic hydroxyl groups is 1. The van der Waals surface area contributed by atoms with Gasteiger partial charge in [-0.25, -0.2) is 0 Å². The van der Waals surface area contributed by atoms with Gasteiger partial charge in [-0.2, -0.15) is 5.26 Å². The number of carbonyl (C=O) groups is 1. The second-order valence-electron chi connectivity index (χ2n) is 5.00. The molecule has 0 spiro atoms. The lowest BCUT2D eigenvalue weighted by Crippen LogP contribution is -2.43. The van der Waals surface area contributed by atoms with Gasteiger partial charge in [-0.05, 0) is 31.0 Å². The Balaban J connectivity index is 2.05. The molecule has 0 heterocycles. The van der Waals surface area contributed by atoms with Crippen LogP contribution in [0.4, 0.5) is 0 Å². The van der Waals surface area contributed by atoms with Crippen molar-refractivity contribution in [1.82, 2.24) is 5.32 Å². The van der Waals surface area contributed by atoms with E-state index in [1.807, 2.05) is 6.07 Å². The summed E-state index contributed by atoms with van der Waals surface area (Å²) in [4.78, 5) is 12.1. The van der Waals surface area contributed by atoms with E-state index in [4.69, 9.17) is 5.26 Å². The lowest BCUT2D eigenvalue weighted by Gasteiger charge is -2.30. The molecule has 2 unspecified atom stereocenters. The first-order chi connectivity index (χ1) is 9.24. The van der Waals surface area contributed by atoms with Crippen molar-refractivity contribution < 1.29 is 9.90 Å². The minimum atomic E-state index is -0.164. The molecular weight excluding hydrogens is 240 g/mol. The molecule has 1 aliphatic rings. The molecule has 19 heavy (non-hydrogen) atoms. The molecule has 0 saturated heterocycles. The lowest BCUT2D eigenvalue weighted by atomic mass is 9.85. The monoisotopic (exact) mass is 258 g/mol. The van der Waals surface area contributed by atoms with Crippen LogP contribution >= 0.6 is 0 Å². The molecule has 1 saturated carbocycles. The Morgan fingerprint density at radius 2 is 2.21 bits per heavy atom. The molecule has 0 aromatic heterocycles. The maximum absolute atomic E-state index is 12.1. The van der Waals surface area contributed by atoms with Crippen LogP contribution in [0.3, 0.4) is 0 Å². The summed E-state index contributed by atoms with van der Waals surface area (Å²) in [7, 11) is 0. The Bertz CT molecular complexity index is 493. The quantitative estimate of drug-likeness (QED) is 0.868. The second-order valence-corrected chi connectivity index (χ2v) is 5.00. The van der Waals surface area contributed by atoms with Crippen LogP contribution in [0.2, 0.25) is 0 Å². The number of carbonyl (C=O) groups excluding carboxylic acids is 1. The Morgan fingerprint density at radius 1 is 1.42 bits per heavy atom. The number of benzene rings is 1. The topological polar surface area (TPSA) is 73.1 Å². The standard InChI is InChI=1S/C15H18N2O2/c16-9-11-4-3-6-12(8-11)15(19)17-14-7-2-1-5-13(14)10-18/h3-4,6,8,13-14,18H,1-2,5,7,10H2,(H,17,19). The summed E-state index contributed by atoms with van der Waals surface area (Å²) in [6, 6.07) is 8.74. The van der Waals surface area contributed by atoms with E-state index < -0.39 is 0 Å². The predicted octanol–water partition coefficient (Wildman–Crippen LogP) is 1.84. The SMILES string of the molecule is N#Cc1cccc(C(=O)NC2CCCCC2CO)c1. The maximum Gasteiger partial charge on any atom is 0.251 e. The Hall–Kier alpha value is -1.86. The van der Waals surface area contributed by atoms with Gasteiger partial charge in [0.25, 0.3) is 5.91 Å². The molecule has 1 aromatic carbocycles. The first-order valence-corrected chi connectivity index (χ1v) is 6.66. The summed E-state index contributed by atoms with van der Waals surface area (Å²) in [5, 5.41) is 21.1. The highest BCUT2D eigenvalue weighted by Gasteiger charge is 2.26. The van der Waals surface area contributed by atoms with Gasteiger partial charge in [0.15, 0.2) is 0 Å². The van der Waals surface area contributed by atoms with E-state index in [2.05, 4.69) is 5.32 Å². The highest BCUT2D eigenvalue weighted by Crippen LogP contribution is 2.24. The van der Waals surface area contributed by atoms with Crippen LogP contribution in [0, 0.1) is 17.2 Å². The first-order valence-electron chi connectivity index (χ1n) is 6.66. The zero-order valence-corrected chi connectivity index (χ0v) is 10.8. The zero-order chi connectivity index (χ0) is 13.7. The minimum absolute atomic E-state index is 0.0389. The molecule has 1 aliphatic carbocycles. The number of amides is 1. The van der Waals surface area contributed by atoms with Crippen molar-refractivity contribution in [3.8, 4) is 6.07 Å². The predicted molar refractivity (Wildman–Crippen MR) is 71.5 cm³/mol. The fourth-order valence-electron chi connectivity index (χ4n) is 2.60. The van der Waals surface area contributed by atoms with Gasteiger partial charge in [-0.3, -0.25) is 4.79 Å². The average Bonchev–Trinajstić information content (AvgIpc) is 2.47. The lowest BCUT2D eigenvalue weighted by molar-refractivity contribution is 0.0872. The largest absolute Gasteiger partial charge is 0.396 e. The molecule has 0 bridgehead atoms. The molecular formula is C15H18N2O2. The fourth-order valence-corrected chi connectivity index (χ4v) is 2.60. The summed E-state index contributed by atoms with van der Waals surface area (Å²) in [6.45, 7) is 0.114. The molecule has 100 valence electrons. The first kappa shape index (κ1) is 13.6. The van der Waals surface area contributed by atoms with Crippen LogP contribution < -0.4 is 5.32 Å². The molecule has 2 N–H and O–H groups in total. The maximum atomic E-state index is 12.1. The van der Waals surface area contributed by atoms with E-state index in [1.165, 1.54) is 0 Å². The van der Waals surface area contributed by atoms with Gasteiger partial charge in [0.05, 0.1) is 11.6 Å². The van der Waals surface area contributed by atoms with Gasteiger partial charge in [0.1, 0.15) is 0 Å². The summed E-state index contributed by atoms with van der Waals surface area (Å²) in [6.07, 6.45) is 4.07. The number of nitriles is 1. The van der Waals surface area contributed by atoms with Gasteiger partial charge < -0.3 is 10.4 Å². The number of hydrogen-bond acceptors (Lipinski definition) is 3. The Labute approximate surface area is 113 Å². The van der Waals surface area contributed by atoms with E-state index in [-0.39, 0.29) is 24.5 Å². The van der Waals surface area contributed by atoms with Crippen molar-refractivity contribution in [2.45, 2.75) is 31.7 Å². The number of nitrogens with one attached hydrogen (secondary N) is 1. The minimum Gasteiger partial charge on any atom is -0.396 e. The van der Waals surface area contributed by atoms with E-state index in [0.717, 1.165) is 25.7 Å². The van der Waals surface area contributed by atoms with Crippen molar-refractivity contribution in [3.63, 3.8) is 0 Å². The Morgan fingerprint density at radius 3 is 2.95 bits per heavy atom. The number of hydrogen-bond donors (Lipinski definition) is 2. The van der Waals surface area contributed by atoms with Crippen LogP contribution in [0.5, 0.6) is 0 Å². The zero-order valence-electron chi connectivity index (χ0n) is 10.8. The number of aliphatic hydroxyl groups excluding tert-OH is 1. The molecule has 4 heteroatoms. The van der Waals surface area contributed by atoms with Crippen molar-refractivity contribution >= 4 is 5.91 Å². The average molecular weight is 258 g/mol. The van der Waals surface area contributed by atoms with Crippen molar-refractivity contribution in [1.29, 1.82) is 5.26 Å². The van der Waals surface area contributed by atoms with Gasteiger partial charge in [0, 0.05) is 24.1 Å². The van der Waals surface area contributed by atoms with Crippen LogP contribution in [-0.2, 0) is 0 Å². The van der Waals surface area contributed by atoms with Crippen molar-refractivity contribution in [2.24, 2.45) is 5.92 Å². The fraction of sp³-hybridized carbons (Fsp3) is 0.467. The van der Waals surface area contributed by atoms with Gasteiger partial charge in [0.2, 0.25) is 0 Å². The van der Waals surface area contributed by atoms with Crippen LogP contribution in [0.15, 0.2) is 24.3 Å². The summed E-state index contributed by atoms with van der Waals surface area (Å²) in [5.74, 6) is -0.0145. The molecule has 1 fully saturated rings. The van der Waals surface area contributed by atoms with Crippen molar-refractivity contribution in [3.05, 3.63) is 35.4 Å². The number of nitrogens with zero attached hydrogens (tertiary/aromatic N) is 1.